The molecule has 2 aromatic rings. The standard InChI is InChI=1S/C18H22ClN3O/c1-2-17(14-4-3-5-15(19)12-14)21-16-6-7-18(20-13-16)22-8-10-23-11-9-22/h3-7,12-13,17,21H,2,8-11H2,1H3. The number of pyridine rings is 1. The summed E-state index contributed by atoms with van der Waals surface area (Å²) in [5.74, 6) is 1.01. The van der Waals surface area contributed by atoms with Gasteiger partial charge in [0.15, 0.2) is 0 Å². The molecule has 0 radical (unpaired) electrons. The van der Waals surface area contributed by atoms with Crippen molar-refractivity contribution >= 4 is 23.1 Å². The van der Waals surface area contributed by atoms with Crippen molar-refractivity contribution in [3.8, 4) is 0 Å². The molecule has 4 nitrogen and oxygen atoms in total. The molecule has 1 fully saturated rings. The smallest absolute Gasteiger partial charge is 0.128 e. The van der Waals surface area contributed by atoms with Crippen LogP contribution in [0.15, 0.2) is 42.6 Å². The molecular formula is C18H22ClN3O. The Kier molecular flexibility index (Phi) is 5.36. The van der Waals surface area contributed by atoms with Gasteiger partial charge in [-0.3, -0.25) is 0 Å². The average molecular weight is 332 g/mol. The molecule has 0 aliphatic carbocycles. The molecular weight excluding hydrogens is 310 g/mol. The maximum atomic E-state index is 6.10. The van der Waals surface area contributed by atoms with E-state index >= 15 is 0 Å². The third kappa shape index (κ3) is 4.15. The molecule has 1 aromatic carbocycles. The second-order valence-electron chi connectivity index (χ2n) is 5.66. The summed E-state index contributed by atoms with van der Waals surface area (Å²) in [6, 6.07) is 12.4. The third-order valence-electron chi connectivity index (χ3n) is 4.08. The monoisotopic (exact) mass is 331 g/mol. The molecule has 23 heavy (non-hydrogen) atoms. The Morgan fingerprint density at radius 1 is 1.26 bits per heavy atom. The Morgan fingerprint density at radius 3 is 2.74 bits per heavy atom. The number of ether oxygens (including phenoxy) is 1. The van der Waals surface area contributed by atoms with E-state index in [1.807, 2.05) is 24.4 Å². The molecule has 1 N–H and O–H groups in total. The first-order valence-electron chi connectivity index (χ1n) is 8.07. The van der Waals surface area contributed by atoms with Crippen molar-refractivity contribution < 1.29 is 4.74 Å². The number of nitrogens with zero attached hydrogens (tertiary/aromatic N) is 2. The molecule has 1 atom stereocenters. The molecule has 122 valence electrons. The quantitative estimate of drug-likeness (QED) is 0.893. The SMILES string of the molecule is CCC(Nc1ccc(N2CCOCC2)nc1)c1cccc(Cl)c1. The van der Waals surface area contributed by atoms with Crippen molar-refractivity contribution in [3.05, 3.63) is 53.2 Å². The fraction of sp³-hybridized carbons (Fsp3) is 0.389. The van der Waals surface area contributed by atoms with E-state index in [2.05, 4.69) is 40.3 Å². The molecule has 3 rings (SSSR count). The van der Waals surface area contributed by atoms with Crippen LogP contribution < -0.4 is 10.2 Å². The van der Waals surface area contributed by atoms with Gasteiger partial charge in [0, 0.05) is 18.1 Å². The molecule has 5 heteroatoms. The first-order valence-corrected chi connectivity index (χ1v) is 8.45. The number of nitrogens with one attached hydrogen (secondary N) is 1. The topological polar surface area (TPSA) is 37.4 Å². The lowest BCUT2D eigenvalue weighted by Crippen LogP contribution is -2.36. The van der Waals surface area contributed by atoms with E-state index in [9.17, 15) is 0 Å². The summed E-state index contributed by atoms with van der Waals surface area (Å²) >= 11 is 6.10. The summed E-state index contributed by atoms with van der Waals surface area (Å²) in [4.78, 5) is 6.83. The molecule has 1 saturated heterocycles. The van der Waals surface area contributed by atoms with Gasteiger partial charge in [-0.25, -0.2) is 4.98 Å². The highest BCUT2D eigenvalue weighted by molar-refractivity contribution is 6.30. The molecule has 1 unspecified atom stereocenters. The van der Waals surface area contributed by atoms with Crippen LogP contribution in [0.2, 0.25) is 5.02 Å². The predicted octanol–water partition coefficient (Wildman–Crippen LogP) is 4.13. The summed E-state index contributed by atoms with van der Waals surface area (Å²) in [5.41, 5.74) is 2.21. The largest absolute Gasteiger partial charge is 0.378 e. The molecule has 1 aliphatic rings. The lowest BCUT2D eigenvalue weighted by atomic mass is 10.0. The fourth-order valence-electron chi connectivity index (χ4n) is 2.80. The Balaban J connectivity index is 1.69. The van der Waals surface area contributed by atoms with Crippen LogP contribution in [-0.4, -0.2) is 31.3 Å². The van der Waals surface area contributed by atoms with Gasteiger partial charge in [0.05, 0.1) is 31.1 Å². The number of rotatable bonds is 5. The number of anilines is 2. The Hall–Kier alpha value is -1.78. The number of morpholine rings is 1. The number of aromatic nitrogens is 1. The van der Waals surface area contributed by atoms with E-state index in [0.29, 0.717) is 0 Å². The molecule has 2 heterocycles. The van der Waals surface area contributed by atoms with E-state index in [1.165, 1.54) is 5.56 Å². The zero-order chi connectivity index (χ0) is 16.1. The van der Waals surface area contributed by atoms with Gasteiger partial charge in [-0.05, 0) is 36.2 Å². The summed E-state index contributed by atoms with van der Waals surface area (Å²) in [7, 11) is 0. The molecule has 0 saturated carbocycles. The maximum Gasteiger partial charge on any atom is 0.128 e. The Morgan fingerprint density at radius 2 is 2.09 bits per heavy atom. The highest BCUT2D eigenvalue weighted by Gasteiger charge is 2.13. The first kappa shape index (κ1) is 16.1. The second kappa shape index (κ2) is 7.66. The highest BCUT2D eigenvalue weighted by Crippen LogP contribution is 2.25. The van der Waals surface area contributed by atoms with Crippen molar-refractivity contribution in [2.45, 2.75) is 19.4 Å². The summed E-state index contributed by atoms with van der Waals surface area (Å²) in [6.45, 7) is 5.51. The lowest BCUT2D eigenvalue weighted by Gasteiger charge is -2.28. The van der Waals surface area contributed by atoms with Crippen LogP contribution in [0.25, 0.3) is 0 Å². The Labute approximate surface area is 142 Å². The van der Waals surface area contributed by atoms with E-state index in [1.54, 1.807) is 0 Å². The van der Waals surface area contributed by atoms with Gasteiger partial charge in [-0.2, -0.15) is 0 Å². The van der Waals surface area contributed by atoms with E-state index in [-0.39, 0.29) is 6.04 Å². The molecule has 1 aromatic heterocycles. The number of benzene rings is 1. The third-order valence-corrected chi connectivity index (χ3v) is 4.32. The maximum absolute atomic E-state index is 6.10. The van der Waals surface area contributed by atoms with Gasteiger partial charge in [-0.1, -0.05) is 30.7 Å². The van der Waals surface area contributed by atoms with Crippen molar-refractivity contribution in [3.63, 3.8) is 0 Å². The summed E-state index contributed by atoms with van der Waals surface area (Å²) in [6.07, 6.45) is 2.88. The minimum Gasteiger partial charge on any atom is -0.378 e. The first-order chi connectivity index (χ1) is 11.3. The minimum atomic E-state index is 0.227. The van der Waals surface area contributed by atoms with Crippen LogP contribution in [0.4, 0.5) is 11.5 Å². The number of halogens is 1. The van der Waals surface area contributed by atoms with Crippen LogP contribution in [0, 0.1) is 0 Å². The van der Waals surface area contributed by atoms with E-state index < -0.39 is 0 Å². The van der Waals surface area contributed by atoms with Crippen LogP contribution in [0.3, 0.4) is 0 Å². The molecule has 1 aliphatic heterocycles. The van der Waals surface area contributed by atoms with Gasteiger partial charge in [0.2, 0.25) is 0 Å². The molecule has 0 bridgehead atoms. The summed E-state index contributed by atoms with van der Waals surface area (Å²) < 4.78 is 5.38. The summed E-state index contributed by atoms with van der Waals surface area (Å²) in [5, 5.41) is 4.31. The molecule has 0 spiro atoms. The van der Waals surface area contributed by atoms with Crippen molar-refractivity contribution in [2.24, 2.45) is 0 Å². The van der Waals surface area contributed by atoms with Crippen LogP contribution in [-0.2, 0) is 4.74 Å². The van der Waals surface area contributed by atoms with E-state index in [4.69, 9.17) is 16.3 Å². The van der Waals surface area contributed by atoms with Crippen molar-refractivity contribution in [1.82, 2.24) is 4.98 Å². The van der Waals surface area contributed by atoms with E-state index in [0.717, 1.165) is 49.3 Å². The molecule has 0 amide bonds. The van der Waals surface area contributed by atoms with Gasteiger partial charge in [0.1, 0.15) is 5.82 Å². The zero-order valence-electron chi connectivity index (χ0n) is 13.3. The number of hydrogen-bond donors (Lipinski definition) is 1. The second-order valence-corrected chi connectivity index (χ2v) is 6.10. The van der Waals surface area contributed by atoms with Gasteiger partial charge >= 0.3 is 0 Å². The van der Waals surface area contributed by atoms with Gasteiger partial charge < -0.3 is 15.0 Å². The van der Waals surface area contributed by atoms with Crippen LogP contribution >= 0.6 is 11.6 Å². The van der Waals surface area contributed by atoms with Crippen LogP contribution in [0.1, 0.15) is 24.9 Å². The average Bonchev–Trinajstić information content (AvgIpc) is 2.61. The van der Waals surface area contributed by atoms with Crippen molar-refractivity contribution in [1.29, 1.82) is 0 Å². The Bertz CT molecular complexity index is 626. The fourth-order valence-corrected chi connectivity index (χ4v) is 3.00. The minimum absolute atomic E-state index is 0.227. The van der Waals surface area contributed by atoms with Crippen LogP contribution in [0.5, 0.6) is 0 Å². The predicted molar refractivity (Wildman–Crippen MR) is 95.4 cm³/mol. The van der Waals surface area contributed by atoms with Crippen molar-refractivity contribution in [2.75, 3.05) is 36.5 Å². The highest BCUT2D eigenvalue weighted by atomic mass is 35.5. The zero-order valence-corrected chi connectivity index (χ0v) is 14.1. The lowest BCUT2D eigenvalue weighted by molar-refractivity contribution is 0.122. The van der Waals surface area contributed by atoms with Gasteiger partial charge in [0.25, 0.3) is 0 Å². The van der Waals surface area contributed by atoms with Gasteiger partial charge in [-0.15, -0.1) is 0 Å². The normalized spacial score (nSPS) is 16.2. The number of hydrogen-bond acceptors (Lipinski definition) is 4.